The Morgan fingerprint density at radius 3 is 2.54 bits per heavy atom. The number of carbonyl (C=O) groups excluding carboxylic acids is 2. The Morgan fingerprint density at radius 2 is 1.88 bits per heavy atom. The van der Waals surface area contributed by atoms with Gasteiger partial charge in [-0.2, -0.15) is 0 Å². The monoisotopic (exact) mass is 346 g/mol. The Hall–Kier alpha value is -2.53. The van der Waals surface area contributed by atoms with Crippen molar-refractivity contribution in [1.29, 1.82) is 0 Å². The van der Waals surface area contributed by atoms with Gasteiger partial charge in [-0.15, -0.1) is 0 Å². The second-order valence-corrected chi connectivity index (χ2v) is 6.01. The van der Waals surface area contributed by atoms with Gasteiger partial charge in [0.2, 0.25) is 0 Å². The van der Waals surface area contributed by atoms with E-state index >= 15 is 0 Å². The molecule has 0 aliphatic carbocycles. The topological polar surface area (TPSA) is 81.4 Å². The molecule has 0 saturated heterocycles. The Balaban J connectivity index is 2.01. The van der Waals surface area contributed by atoms with Gasteiger partial charge in [0, 0.05) is 5.69 Å². The number of esters is 1. The van der Waals surface area contributed by atoms with E-state index in [-0.39, 0.29) is 5.56 Å². The van der Waals surface area contributed by atoms with E-state index in [0.717, 1.165) is 16.7 Å². The number of halogens is 1. The number of nitrogen functional groups attached to an aromatic ring is 1. The molecular formula is C18H19ClN2O3. The maximum absolute atomic E-state index is 12.0. The van der Waals surface area contributed by atoms with E-state index < -0.39 is 18.5 Å². The van der Waals surface area contributed by atoms with E-state index in [0.29, 0.717) is 16.4 Å². The highest BCUT2D eigenvalue weighted by Crippen LogP contribution is 2.27. The van der Waals surface area contributed by atoms with Crippen molar-refractivity contribution in [3.63, 3.8) is 0 Å². The summed E-state index contributed by atoms with van der Waals surface area (Å²) in [6.07, 6.45) is 0. The first kappa shape index (κ1) is 17.8. The van der Waals surface area contributed by atoms with Crippen molar-refractivity contribution in [2.75, 3.05) is 17.7 Å². The van der Waals surface area contributed by atoms with Gasteiger partial charge in [-0.05, 0) is 49.6 Å². The normalized spacial score (nSPS) is 10.3. The van der Waals surface area contributed by atoms with Crippen LogP contribution in [-0.2, 0) is 9.53 Å². The molecule has 0 saturated carbocycles. The summed E-state index contributed by atoms with van der Waals surface area (Å²) in [5, 5.41) is 3.10. The quantitative estimate of drug-likeness (QED) is 0.654. The molecular weight excluding hydrogens is 328 g/mol. The number of hydrogen-bond acceptors (Lipinski definition) is 4. The second kappa shape index (κ2) is 7.36. The van der Waals surface area contributed by atoms with Crippen molar-refractivity contribution in [2.24, 2.45) is 0 Å². The van der Waals surface area contributed by atoms with Crippen LogP contribution in [0.2, 0.25) is 5.02 Å². The van der Waals surface area contributed by atoms with Gasteiger partial charge in [-0.25, -0.2) is 4.79 Å². The van der Waals surface area contributed by atoms with E-state index in [1.165, 1.54) is 0 Å². The smallest absolute Gasteiger partial charge is 0.340 e. The van der Waals surface area contributed by atoms with Crippen molar-refractivity contribution >= 4 is 34.9 Å². The van der Waals surface area contributed by atoms with Crippen molar-refractivity contribution in [3.05, 3.63) is 57.6 Å². The van der Waals surface area contributed by atoms with Crippen LogP contribution < -0.4 is 11.1 Å². The highest BCUT2D eigenvalue weighted by molar-refractivity contribution is 6.34. The maximum Gasteiger partial charge on any atom is 0.340 e. The molecule has 0 radical (unpaired) electrons. The standard InChI is InChI=1S/C18H19ClN2O3/c1-10-7-12(3)17(14(19)8-10)21-15(22)9-24-18(23)13-6-4-5-11(2)16(13)20/h4-8H,9,20H2,1-3H3,(H,21,22). The molecule has 126 valence electrons. The van der Waals surface area contributed by atoms with Crippen LogP contribution in [0.1, 0.15) is 27.0 Å². The summed E-state index contributed by atoms with van der Waals surface area (Å²) in [5.74, 6) is -1.11. The maximum atomic E-state index is 12.0. The fourth-order valence-corrected chi connectivity index (χ4v) is 2.69. The van der Waals surface area contributed by atoms with Crippen LogP contribution in [0.15, 0.2) is 30.3 Å². The summed E-state index contributed by atoms with van der Waals surface area (Å²) in [7, 11) is 0. The van der Waals surface area contributed by atoms with E-state index in [1.54, 1.807) is 31.2 Å². The Morgan fingerprint density at radius 1 is 1.17 bits per heavy atom. The fraction of sp³-hybridized carbons (Fsp3) is 0.222. The number of aryl methyl sites for hydroxylation is 3. The van der Waals surface area contributed by atoms with E-state index in [2.05, 4.69) is 5.32 Å². The third-order valence-electron chi connectivity index (χ3n) is 3.57. The molecule has 2 rings (SSSR count). The Bertz CT molecular complexity index is 780. The largest absolute Gasteiger partial charge is 0.452 e. The minimum Gasteiger partial charge on any atom is -0.452 e. The minimum atomic E-state index is -0.641. The molecule has 0 bridgehead atoms. The number of nitrogens with two attached hydrogens (primary N) is 1. The number of para-hydroxylation sites is 1. The lowest BCUT2D eigenvalue weighted by Gasteiger charge is -2.12. The van der Waals surface area contributed by atoms with Gasteiger partial charge in [0.05, 0.1) is 16.3 Å². The van der Waals surface area contributed by atoms with Crippen LogP contribution in [0.3, 0.4) is 0 Å². The molecule has 2 aromatic carbocycles. The molecule has 6 heteroatoms. The zero-order valence-electron chi connectivity index (χ0n) is 13.8. The number of anilines is 2. The number of hydrogen-bond donors (Lipinski definition) is 2. The van der Waals surface area contributed by atoms with Crippen molar-refractivity contribution in [2.45, 2.75) is 20.8 Å². The number of benzene rings is 2. The average Bonchev–Trinajstić information content (AvgIpc) is 2.51. The van der Waals surface area contributed by atoms with Gasteiger partial charge in [-0.1, -0.05) is 29.8 Å². The van der Waals surface area contributed by atoms with Gasteiger partial charge in [0.25, 0.3) is 5.91 Å². The van der Waals surface area contributed by atoms with E-state index in [1.807, 2.05) is 19.9 Å². The van der Waals surface area contributed by atoms with E-state index in [4.69, 9.17) is 22.1 Å². The molecule has 2 aromatic rings. The molecule has 0 aliphatic heterocycles. The first-order chi connectivity index (χ1) is 11.3. The SMILES string of the molecule is Cc1cc(C)c(NC(=O)COC(=O)c2cccc(C)c2N)c(Cl)c1. The predicted octanol–water partition coefficient (Wildman–Crippen LogP) is 3.64. The molecule has 0 unspecified atom stereocenters. The van der Waals surface area contributed by atoms with Gasteiger partial charge in [0.1, 0.15) is 0 Å². The highest BCUT2D eigenvalue weighted by atomic mass is 35.5. The van der Waals surface area contributed by atoms with Crippen molar-refractivity contribution in [3.8, 4) is 0 Å². The summed E-state index contributed by atoms with van der Waals surface area (Å²) in [6.45, 7) is 5.13. The van der Waals surface area contributed by atoms with Crippen molar-refractivity contribution in [1.82, 2.24) is 0 Å². The lowest BCUT2D eigenvalue weighted by atomic mass is 10.1. The first-order valence-corrected chi connectivity index (χ1v) is 7.76. The van der Waals surface area contributed by atoms with Gasteiger partial charge in [-0.3, -0.25) is 4.79 Å². The number of amides is 1. The molecule has 5 nitrogen and oxygen atoms in total. The van der Waals surface area contributed by atoms with Gasteiger partial charge in [0.15, 0.2) is 6.61 Å². The second-order valence-electron chi connectivity index (χ2n) is 5.60. The molecule has 0 atom stereocenters. The highest BCUT2D eigenvalue weighted by Gasteiger charge is 2.15. The van der Waals surface area contributed by atoms with Crippen LogP contribution in [0, 0.1) is 20.8 Å². The zero-order valence-corrected chi connectivity index (χ0v) is 14.5. The third kappa shape index (κ3) is 4.06. The molecule has 3 N–H and O–H groups in total. The number of nitrogens with one attached hydrogen (secondary N) is 1. The van der Waals surface area contributed by atoms with Crippen molar-refractivity contribution < 1.29 is 14.3 Å². The number of carbonyl (C=O) groups is 2. The molecule has 24 heavy (non-hydrogen) atoms. The Labute approximate surface area is 145 Å². The molecule has 0 spiro atoms. The summed E-state index contributed by atoms with van der Waals surface area (Å²) in [4.78, 5) is 24.1. The minimum absolute atomic E-state index is 0.243. The van der Waals surface area contributed by atoms with Crippen LogP contribution in [-0.4, -0.2) is 18.5 Å². The molecule has 1 amide bonds. The summed E-state index contributed by atoms with van der Waals surface area (Å²) in [6, 6.07) is 8.72. The predicted molar refractivity (Wildman–Crippen MR) is 95.4 cm³/mol. The number of rotatable bonds is 4. The first-order valence-electron chi connectivity index (χ1n) is 7.38. The molecule has 0 aromatic heterocycles. The summed E-state index contributed by atoms with van der Waals surface area (Å²) in [5.41, 5.74) is 9.56. The summed E-state index contributed by atoms with van der Waals surface area (Å²) < 4.78 is 5.03. The van der Waals surface area contributed by atoms with Gasteiger partial charge >= 0.3 is 5.97 Å². The lowest BCUT2D eigenvalue weighted by molar-refractivity contribution is -0.119. The zero-order chi connectivity index (χ0) is 17.9. The van der Waals surface area contributed by atoms with Crippen LogP contribution in [0.25, 0.3) is 0 Å². The van der Waals surface area contributed by atoms with E-state index in [9.17, 15) is 9.59 Å². The molecule has 0 fully saturated rings. The molecule has 0 heterocycles. The van der Waals surface area contributed by atoms with Crippen LogP contribution in [0.5, 0.6) is 0 Å². The van der Waals surface area contributed by atoms with Crippen LogP contribution >= 0.6 is 11.6 Å². The lowest BCUT2D eigenvalue weighted by Crippen LogP contribution is -2.22. The van der Waals surface area contributed by atoms with Gasteiger partial charge < -0.3 is 15.8 Å². The average molecular weight is 347 g/mol. The molecule has 0 aliphatic rings. The Kier molecular flexibility index (Phi) is 5.46. The number of ether oxygens (including phenoxy) is 1. The fourth-order valence-electron chi connectivity index (χ4n) is 2.32. The van der Waals surface area contributed by atoms with Crippen LogP contribution in [0.4, 0.5) is 11.4 Å². The summed E-state index contributed by atoms with van der Waals surface area (Å²) >= 11 is 6.14. The third-order valence-corrected chi connectivity index (χ3v) is 3.87.